The van der Waals surface area contributed by atoms with Gasteiger partial charge in [-0.1, -0.05) is 38.8 Å². The molecule has 0 amide bonds. The molecule has 17 heavy (non-hydrogen) atoms. The first-order chi connectivity index (χ1) is 8.09. The monoisotopic (exact) mass is 233 g/mol. The topological polar surface area (TPSA) is 32.6 Å². The normalized spacial score (nSPS) is 13.4. The molecule has 94 valence electrons. The van der Waals surface area contributed by atoms with Gasteiger partial charge in [0.2, 0.25) is 0 Å². The quantitative estimate of drug-likeness (QED) is 0.739. The minimum absolute atomic E-state index is 0.297. The number of aromatic hydroxyl groups is 1. The van der Waals surface area contributed by atoms with Gasteiger partial charge in [-0.3, -0.25) is 4.99 Å². The summed E-state index contributed by atoms with van der Waals surface area (Å²) in [5.74, 6) is 1.06. The van der Waals surface area contributed by atoms with Crippen LogP contribution in [-0.4, -0.2) is 17.4 Å². The number of benzene rings is 1. The van der Waals surface area contributed by atoms with Crippen molar-refractivity contribution >= 4 is 6.21 Å². The van der Waals surface area contributed by atoms with E-state index in [1.54, 1.807) is 12.3 Å². The van der Waals surface area contributed by atoms with Crippen molar-refractivity contribution < 1.29 is 5.11 Å². The van der Waals surface area contributed by atoms with Gasteiger partial charge >= 0.3 is 0 Å². The molecule has 1 aromatic rings. The Labute approximate surface area is 104 Å². The molecule has 1 N–H and O–H groups in total. The van der Waals surface area contributed by atoms with Gasteiger partial charge in [0.15, 0.2) is 0 Å². The molecule has 1 atom stereocenters. The van der Waals surface area contributed by atoms with Gasteiger partial charge in [-0.15, -0.1) is 0 Å². The van der Waals surface area contributed by atoms with Crippen LogP contribution in [0.1, 0.15) is 45.6 Å². The molecule has 0 aliphatic rings. The number of para-hydroxylation sites is 1. The van der Waals surface area contributed by atoms with Crippen LogP contribution >= 0.6 is 0 Å². The third-order valence-corrected chi connectivity index (χ3v) is 2.81. The lowest BCUT2D eigenvalue weighted by Gasteiger charge is -2.07. The SMILES string of the molecule is CC(C)CCCC(C)N=Cc1ccccc1O. The minimum atomic E-state index is 0.297. The highest BCUT2D eigenvalue weighted by atomic mass is 16.3. The van der Waals surface area contributed by atoms with Crippen LogP contribution in [0.5, 0.6) is 5.75 Å². The summed E-state index contributed by atoms with van der Waals surface area (Å²) in [6.45, 7) is 6.61. The molecule has 2 nitrogen and oxygen atoms in total. The van der Waals surface area contributed by atoms with Gasteiger partial charge < -0.3 is 5.11 Å². The molecular weight excluding hydrogens is 210 g/mol. The van der Waals surface area contributed by atoms with E-state index in [0.29, 0.717) is 11.8 Å². The van der Waals surface area contributed by atoms with Gasteiger partial charge in [0.25, 0.3) is 0 Å². The van der Waals surface area contributed by atoms with Crippen molar-refractivity contribution in [3.05, 3.63) is 29.8 Å². The smallest absolute Gasteiger partial charge is 0.124 e. The Bertz CT molecular complexity index is 358. The third-order valence-electron chi connectivity index (χ3n) is 2.81. The fourth-order valence-corrected chi connectivity index (χ4v) is 1.70. The van der Waals surface area contributed by atoms with Crippen LogP contribution in [0.4, 0.5) is 0 Å². The molecule has 1 unspecified atom stereocenters. The highest BCUT2D eigenvalue weighted by Gasteiger charge is 2.01. The van der Waals surface area contributed by atoms with Crippen LogP contribution in [0, 0.1) is 5.92 Å². The Kier molecular flexibility index (Phi) is 5.75. The molecule has 0 fully saturated rings. The zero-order chi connectivity index (χ0) is 12.7. The highest BCUT2D eigenvalue weighted by molar-refractivity contribution is 5.83. The van der Waals surface area contributed by atoms with Crippen molar-refractivity contribution in [2.45, 2.75) is 46.1 Å². The molecule has 0 aliphatic heterocycles. The lowest BCUT2D eigenvalue weighted by atomic mass is 10.0. The third kappa shape index (κ3) is 5.53. The standard InChI is InChI=1S/C15H23NO/c1-12(2)7-6-8-13(3)16-11-14-9-4-5-10-15(14)17/h4-5,9-13,17H,6-8H2,1-3H3. The minimum Gasteiger partial charge on any atom is -0.507 e. The molecule has 0 spiro atoms. The predicted octanol–water partition coefficient (Wildman–Crippen LogP) is 4.03. The number of phenols is 1. The number of aliphatic imine (C=N–C) groups is 1. The van der Waals surface area contributed by atoms with Crippen molar-refractivity contribution in [3.63, 3.8) is 0 Å². The molecule has 2 heteroatoms. The maximum Gasteiger partial charge on any atom is 0.124 e. The Hall–Kier alpha value is -1.31. The van der Waals surface area contributed by atoms with E-state index in [0.717, 1.165) is 17.9 Å². The van der Waals surface area contributed by atoms with Gasteiger partial charge in [0, 0.05) is 17.8 Å². The molecule has 0 radical (unpaired) electrons. The number of hydrogen-bond acceptors (Lipinski definition) is 2. The maximum atomic E-state index is 9.58. The Morgan fingerprint density at radius 1 is 1.18 bits per heavy atom. The molecule has 0 bridgehead atoms. The van der Waals surface area contributed by atoms with Crippen LogP contribution in [0.15, 0.2) is 29.3 Å². The van der Waals surface area contributed by atoms with Gasteiger partial charge in [0.1, 0.15) is 5.75 Å². The largest absolute Gasteiger partial charge is 0.507 e. The van der Waals surface area contributed by atoms with Gasteiger partial charge in [0.05, 0.1) is 0 Å². The first-order valence-electron chi connectivity index (χ1n) is 6.40. The first-order valence-corrected chi connectivity index (χ1v) is 6.40. The van der Waals surface area contributed by atoms with E-state index < -0.39 is 0 Å². The van der Waals surface area contributed by atoms with Crippen LogP contribution < -0.4 is 0 Å². The molecule has 0 saturated heterocycles. The fourth-order valence-electron chi connectivity index (χ4n) is 1.70. The van der Waals surface area contributed by atoms with Crippen LogP contribution in [-0.2, 0) is 0 Å². The predicted molar refractivity (Wildman–Crippen MR) is 73.9 cm³/mol. The summed E-state index contributed by atoms with van der Waals surface area (Å²) in [6.07, 6.45) is 5.37. The highest BCUT2D eigenvalue weighted by Crippen LogP contribution is 2.14. The van der Waals surface area contributed by atoms with Gasteiger partial charge in [-0.25, -0.2) is 0 Å². The van der Waals surface area contributed by atoms with Gasteiger partial charge in [-0.2, -0.15) is 0 Å². The average Bonchev–Trinajstić information content (AvgIpc) is 2.27. The lowest BCUT2D eigenvalue weighted by Crippen LogP contribution is -2.00. The van der Waals surface area contributed by atoms with Gasteiger partial charge in [-0.05, 0) is 31.4 Å². The molecule has 0 aromatic heterocycles. The molecule has 1 aromatic carbocycles. The number of hydrogen-bond donors (Lipinski definition) is 1. The first kappa shape index (κ1) is 13.8. The lowest BCUT2D eigenvalue weighted by molar-refractivity contribution is 0.474. The van der Waals surface area contributed by atoms with Crippen molar-refractivity contribution in [3.8, 4) is 5.75 Å². The van der Waals surface area contributed by atoms with E-state index in [1.165, 1.54) is 12.8 Å². The maximum absolute atomic E-state index is 9.58. The number of nitrogens with zero attached hydrogens (tertiary/aromatic N) is 1. The summed E-state index contributed by atoms with van der Waals surface area (Å²) in [5.41, 5.74) is 0.795. The Balaban J connectivity index is 2.40. The van der Waals surface area contributed by atoms with Crippen molar-refractivity contribution in [1.82, 2.24) is 0 Å². The average molecular weight is 233 g/mol. The summed E-state index contributed by atoms with van der Waals surface area (Å²) >= 11 is 0. The van der Waals surface area contributed by atoms with Crippen LogP contribution in [0.3, 0.4) is 0 Å². The van der Waals surface area contributed by atoms with E-state index in [2.05, 4.69) is 25.8 Å². The van der Waals surface area contributed by atoms with E-state index in [9.17, 15) is 5.11 Å². The number of rotatable bonds is 6. The van der Waals surface area contributed by atoms with E-state index in [4.69, 9.17) is 0 Å². The van der Waals surface area contributed by atoms with Crippen molar-refractivity contribution in [1.29, 1.82) is 0 Å². The summed E-state index contributed by atoms with van der Waals surface area (Å²) in [7, 11) is 0. The second-order valence-corrected chi connectivity index (χ2v) is 5.01. The molecule has 0 saturated carbocycles. The molecule has 0 heterocycles. The van der Waals surface area contributed by atoms with E-state index in [1.807, 2.05) is 18.2 Å². The molecular formula is C15H23NO. The zero-order valence-electron chi connectivity index (χ0n) is 11.1. The Morgan fingerprint density at radius 3 is 2.53 bits per heavy atom. The number of phenolic OH excluding ortho intramolecular Hbond substituents is 1. The summed E-state index contributed by atoms with van der Waals surface area (Å²) in [5, 5.41) is 9.58. The summed E-state index contributed by atoms with van der Waals surface area (Å²) in [6, 6.07) is 7.61. The fraction of sp³-hybridized carbons (Fsp3) is 0.533. The molecule has 1 rings (SSSR count). The Morgan fingerprint density at radius 2 is 1.88 bits per heavy atom. The summed E-state index contributed by atoms with van der Waals surface area (Å²) in [4.78, 5) is 4.47. The van der Waals surface area contributed by atoms with E-state index in [-0.39, 0.29) is 0 Å². The summed E-state index contributed by atoms with van der Waals surface area (Å²) < 4.78 is 0. The second kappa shape index (κ2) is 7.10. The van der Waals surface area contributed by atoms with Crippen LogP contribution in [0.25, 0.3) is 0 Å². The van der Waals surface area contributed by atoms with Crippen molar-refractivity contribution in [2.75, 3.05) is 0 Å². The van der Waals surface area contributed by atoms with E-state index >= 15 is 0 Å². The van der Waals surface area contributed by atoms with Crippen LogP contribution in [0.2, 0.25) is 0 Å². The second-order valence-electron chi connectivity index (χ2n) is 5.01. The molecule has 0 aliphatic carbocycles. The zero-order valence-corrected chi connectivity index (χ0v) is 11.1. The van der Waals surface area contributed by atoms with Crippen molar-refractivity contribution in [2.24, 2.45) is 10.9 Å².